The molecular formula is C17H22O4. The van der Waals surface area contributed by atoms with E-state index in [9.17, 15) is 9.59 Å². The Kier molecular flexibility index (Phi) is 5.37. The summed E-state index contributed by atoms with van der Waals surface area (Å²) in [5.41, 5.74) is 1.81. The van der Waals surface area contributed by atoms with Crippen LogP contribution in [-0.2, 0) is 16.0 Å². The predicted molar refractivity (Wildman–Crippen MR) is 79.7 cm³/mol. The zero-order chi connectivity index (χ0) is 15.2. The highest BCUT2D eigenvalue weighted by Gasteiger charge is 2.22. The Balaban J connectivity index is 2.13. The molecule has 2 rings (SSSR count). The highest BCUT2D eigenvalue weighted by atomic mass is 16.6. The van der Waals surface area contributed by atoms with Crippen LogP contribution in [0.15, 0.2) is 18.2 Å². The van der Waals surface area contributed by atoms with Crippen molar-refractivity contribution in [2.45, 2.75) is 51.6 Å². The van der Waals surface area contributed by atoms with Gasteiger partial charge in [0.05, 0.1) is 7.11 Å². The molecule has 114 valence electrons. The Hall–Kier alpha value is -1.84. The van der Waals surface area contributed by atoms with Gasteiger partial charge >= 0.3 is 5.97 Å². The standard InChI is InChI=1S/C17H22O4/c1-3-4-8-16(17(19)20-2)21-13-9-10-14-12(11-13)6-5-7-15(14)18/h9-11,16H,3-8H2,1-2H3. The van der Waals surface area contributed by atoms with E-state index in [1.165, 1.54) is 7.11 Å². The van der Waals surface area contributed by atoms with E-state index in [4.69, 9.17) is 9.47 Å². The number of hydrogen-bond acceptors (Lipinski definition) is 4. The number of ether oxygens (including phenoxy) is 2. The van der Waals surface area contributed by atoms with Gasteiger partial charge in [0, 0.05) is 12.0 Å². The van der Waals surface area contributed by atoms with Gasteiger partial charge in [0.2, 0.25) is 0 Å². The fourth-order valence-electron chi connectivity index (χ4n) is 2.61. The normalized spacial score (nSPS) is 15.2. The Bertz CT molecular complexity index is 522. The molecule has 0 amide bonds. The van der Waals surface area contributed by atoms with E-state index in [0.717, 1.165) is 36.8 Å². The van der Waals surface area contributed by atoms with Crippen molar-refractivity contribution in [2.24, 2.45) is 0 Å². The summed E-state index contributed by atoms with van der Waals surface area (Å²) in [6.07, 6.45) is 4.35. The Morgan fingerprint density at radius 3 is 2.86 bits per heavy atom. The summed E-state index contributed by atoms with van der Waals surface area (Å²) in [5.74, 6) is 0.477. The maximum Gasteiger partial charge on any atom is 0.347 e. The zero-order valence-electron chi connectivity index (χ0n) is 12.7. The van der Waals surface area contributed by atoms with Crippen LogP contribution in [0.3, 0.4) is 0 Å². The SMILES string of the molecule is CCCCC(Oc1ccc2c(c1)CCCC2=O)C(=O)OC. The van der Waals surface area contributed by atoms with Gasteiger partial charge in [0.15, 0.2) is 11.9 Å². The highest BCUT2D eigenvalue weighted by molar-refractivity contribution is 5.98. The van der Waals surface area contributed by atoms with Crippen molar-refractivity contribution < 1.29 is 19.1 Å². The van der Waals surface area contributed by atoms with Crippen molar-refractivity contribution in [3.63, 3.8) is 0 Å². The van der Waals surface area contributed by atoms with E-state index in [2.05, 4.69) is 6.92 Å². The third kappa shape index (κ3) is 3.84. The lowest BCUT2D eigenvalue weighted by atomic mass is 9.90. The average Bonchev–Trinajstić information content (AvgIpc) is 2.50. The Morgan fingerprint density at radius 2 is 2.14 bits per heavy atom. The number of Topliss-reactive ketones (excluding diaryl/α,β-unsaturated/α-hetero) is 1. The summed E-state index contributed by atoms with van der Waals surface area (Å²) in [7, 11) is 1.37. The summed E-state index contributed by atoms with van der Waals surface area (Å²) in [5, 5.41) is 0. The average molecular weight is 290 g/mol. The number of carbonyl (C=O) groups is 2. The topological polar surface area (TPSA) is 52.6 Å². The van der Waals surface area contributed by atoms with Crippen LogP contribution in [-0.4, -0.2) is 25.0 Å². The molecule has 21 heavy (non-hydrogen) atoms. The van der Waals surface area contributed by atoms with Crippen molar-refractivity contribution in [1.82, 2.24) is 0 Å². The van der Waals surface area contributed by atoms with E-state index >= 15 is 0 Å². The van der Waals surface area contributed by atoms with Gasteiger partial charge in [-0.25, -0.2) is 4.79 Å². The van der Waals surface area contributed by atoms with Gasteiger partial charge in [0.25, 0.3) is 0 Å². The van der Waals surface area contributed by atoms with E-state index < -0.39 is 6.10 Å². The fraction of sp³-hybridized carbons (Fsp3) is 0.529. The number of benzene rings is 1. The lowest BCUT2D eigenvalue weighted by molar-refractivity contribution is -0.149. The largest absolute Gasteiger partial charge is 0.479 e. The van der Waals surface area contributed by atoms with E-state index in [1.54, 1.807) is 12.1 Å². The Labute approximate surface area is 125 Å². The molecule has 0 aromatic heterocycles. The maximum atomic E-state index is 11.8. The van der Waals surface area contributed by atoms with Crippen LogP contribution in [0.4, 0.5) is 0 Å². The van der Waals surface area contributed by atoms with Gasteiger partial charge in [-0.15, -0.1) is 0 Å². The van der Waals surface area contributed by atoms with Crippen LogP contribution in [0.25, 0.3) is 0 Å². The monoisotopic (exact) mass is 290 g/mol. The van der Waals surface area contributed by atoms with Crippen molar-refractivity contribution in [3.05, 3.63) is 29.3 Å². The molecule has 0 N–H and O–H groups in total. The minimum atomic E-state index is -0.577. The number of unbranched alkanes of at least 4 members (excludes halogenated alkanes) is 1. The van der Waals surface area contributed by atoms with Crippen LogP contribution in [0, 0.1) is 0 Å². The molecule has 0 heterocycles. The van der Waals surface area contributed by atoms with Gasteiger partial charge in [0.1, 0.15) is 5.75 Å². The van der Waals surface area contributed by atoms with Crippen molar-refractivity contribution in [3.8, 4) is 5.75 Å². The van der Waals surface area contributed by atoms with Gasteiger partial charge in [-0.05, 0) is 49.4 Å². The quantitative estimate of drug-likeness (QED) is 0.754. The van der Waals surface area contributed by atoms with Gasteiger partial charge < -0.3 is 9.47 Å². The smallest absolute Gasteiger partial charge is 0.347 e. The summed E-state index contributed by atoms with van der Waals surface area (Å²) < 4.78 is 10.6. The lowest BCUT2D eigenvalue weighted by Crippen LogP contribution is -2.28. The third-order valence-electron chi connectivity index (χ3n) is 3.79. The van der Waals surface area contributed by atoms with Crippen LogP contribution in [0.2, 0.25) is 0 Å². The number of ketones is 1. The number of hydrogen-bond donors (Lipinski definition) is 0. The summed E-state index contributed by atoms with van der Waals surface area (Å²) in [6.45, 7) is 2.07. The molecule has 1 aliphatic rings. The van der Waals surface area contributed by atoms with Gasteiger partial charge in [-0.3, -0.25) is 4.79 Å². The van der Waals surface area contributed by atoms with Gasteiger partial charge in [-0.2, -0.15) is 0 Å². The van der Waals surface area contributed by atoms with Crippen LogP contribution >= 0.6 is 0 Å². The molecule has 4 heteroatoms. The first-order valence-electron chi connectivity index (χ1n) is 7.56. The van der Waals surface area contributed by atoms with E-state index in [1.807, 2.05) is 6.07 Å². The zero-order valence-corrected chi connectivity index (χ0v) is 12.7. The first-order chi connectivity index (χ1) is 10.2. The summed E-state index contributed by atoms with van der Waals surface area (Å²) >= 11 is 0. The fourth-order valence-corrected chi connectivity index (χ4v) is 2.61. The maximum absolute atomic E-state index is 11.8. The molecule has 4 nitrogen and oxygen atoms in total. The lowest BCUT2D eigenvalue weighted by Gasteiger charge is -2.19. The number of methoxy groups -OCH3 is 1. The second-order valence-corrected chi connectivity index (χ2v) is 5.37. The summed E-state index contributed by atoms with van der Waals surface area (Å²) in [6, 6.07) is 5.46. The number of fused-ring (bicyclic) bond motifs is 1. The molecule has 1 aromatic rings. The second kappa shape index (κ2) is 7.25. The first kappa shape index (κ1) is 15.5. The second-order valence-electron chi connectivity index (χ2n) is 5.37. The molecule has 1 unspecified atom stereocenters. The minimum absolute atomic E-state index is 0.193. The van der Waals surface area contributed by atoms with Crippen molar-refractivity contribution in [2.75, 3.05) is 7.11 Å². The molecule has 1 atom stereocenters. The van der Waals surface area contributed by atoms with Crippen LogP contribution < -0.4 is 4.74 Å². The molecular weight excluding hydrogens is 268 g/mol. The molecule has 0 bridgehead atoms. The molecule has 0 radical (unpaired) electrons. The van der Waals surface area contributed by atoms with Crippen LogP contribution in [0.5, 0.6) is 5.75 Å². The minimum Gasteiger partial charge on any atom is -0.479 e. The van der Waals surface area contributed by atoms with Crippen LogP contribution in [0.1, 0.15) is 54.9 Å². The highest BCUT2D eigenvalue weighted by Crippen LogP contribution is 2.26. The van der Waals surface area contributed by atoms with E-state index in [0.29, 0.717) is 18.6 Å². The van der Waals surface area contributed by atoms with E-state index in [-0.39, 0.29) is 11.8 Å². The van der Waals surface area contributed by atoms with Gasteiger partial charge in [-0.1, -0.05) is 13.3 Å². The Morgan fingerprint density at radius 1 is 1.33 bits per heavy atom. The molecule has 0 spiro atoms. The molecule has 1 aliphatic carbocycles. The van der Waals surface area contributed by atoms with Crippen molar-refractivity contribution >= 4 is 11.8 Å². The summed E-state index contributed by atoms with van der Waals surface area (Å²) in [4.78, 5) is 23.6. The molecule has 0 saturated carbocycles. The molecule has 0 aliphatic heterocycles. The number of aryl methyl sites for hydroxylation is 1. The number of carbonyl (C=O) groups excluding carboxylic acids is 2. The molecule has 1 aromatic carbocycles. The molecule has 0 fully saturated rings. The van der Waals surface area contributed by atoms with Crippen molar-refractivity contribution in [1.29, 1.82) is 0 Å². The molecule has 0 saturated heterocycles. The predicted octanol–water partition coefficient (Wildman–Crippen LogP) is 3.32. The number of esters is 1. The number of rotatable bonds is 6. The first-order valence-corrected chi connectivity index (χ1v) is 7.56. The third-order valence-corrected chi connectivity index (χ3v) is 3.79.